The van der Waals surface area contributed by atoms with Crippen LogP contribution in [0.1, 0.15) is 22.7 Å². The lowest BCUT2D eigenvalue weighted by atomic mass is 9.85. The van der Waals surface area contributed by atoms with Gasteiger partial charge in [0.05, 0.1) is 0 Å². The summed E-state index contributed by atoms with van der Waals surface area (Å²) < 4.78 is 6.02. The average molecular weight is 261 g/mol. The van der Waals surface area contributed by atoms with Crippen molar-refractivity contribution in [3.8, 4) is 11.5 Å². The lowest BCUT2D eigenvalue weighted by molar-refractivity contribution is 0.444. The van der Waals surface area contributed by atoms with Crippen LogP contribution in [-0.4, -0.2) is 4.98 Å². The molecular formula is C18H15NO. The summed E-state index contributed by atoms with van der Waals surface area (Å²) in [5.74, 6) is 2.29. The molecule has 0 saturated heterocycles. The summed E-state index contributed by atoms with van der Waals surface area (Å²) in [6.07, 6.45) is 2.94. The Balaban J connectivity index is 1.84. The van der Waals surface area contributed by atoms with Crippen LogP contribution >= 0.6 is 0 Å². The molecule has 98 valence electrons. The maximum atomic E-state index is 6.02. The predicted molar refractivity (Wildman–Crippen MR) is 79.3 cm³/mol. The van der Waals surface area contributed by atoms with Gasteiger partial charge in [0.2, 0.25) is 0 Å². The molecule has 0 radical (unpaired) electrons. The molecule has 2 heteroatoms. The third-order valence-corrected chi connectivity index (χ3v) is 3.90. The van der Waals surface area contributed by atoms with Crippen LogP contribution in [0.15, 0.2) is 66.9 Å². The molecule has 0 unspecified atom stereocenters. The van der Waals surface area contributed by atoms with Gasteiger partial charge in [0, 0.05) is 28.9 Å². The van der Waals surface area contributed by atoms with Gasteiger partial charge in [-0.15, -0.1) is 0 Å². The largest absolute Gasteiger partial charge is 0.457 e. The molecule has 2 nitrogen and oxygen atoms in total. The standard InChI is InChI=1S/C18H15NO/c1-3-9-17-14(7-1)16(12-13-6-5-11-19-13)15-8-2-4-10-18(15)20-17/h1-11,16,19H,12H2. The van der Waals surface area contributed by atoms with Crippen molar-refractivity contribution in [2.24, 2.45) is 0 Å². The molecule has 0 saturated carbocycles. The first kappa shape index (κ1) is 11.4. The predicted octanol–water partition coefficient (Wildman–Crippen LogP) is 4.50. The maximum absolute atomic E-state index is 6.02. The molecule has 0 amide bonds. The average Bonchev–Trinajstić information content (AvgIpc) is 3.00. The lowest BCUT2D eigenvalue weighted by Crippen LogP contribution is -2.12. The number of rotatable bonds is 2. The number of nitrogens with one attached hydrogen (secondary N) is 1. The van der Waals surface area contributed by atoms with Crippen molar-refractivity contribution in [1.82, 2.24) is 4.98 Å². The Morgan fingerprint density at radius 3 is 2.05 bits per heavy atom. The third-order valence-electron chi connectivity index (χ3n) is 3.90. The van der Waals surface area contributed by atoms with Gasteiger partial charge in [0.1, 0.15) is 11.5 Å². The van der Waals surface area contributed by atoms with E-state index in [0.717, 1.165) is 17.9 Å². The van der Waals surface area contributed by atoms with Crippen LogP contribution in [-0.2, 0) is 6.42 Å². The summed E-state index contributed by atoms with van der Waals surface area (Å²) in [4.78, 5) is 3.31. The Morgan fingerprint density at radius 1 is 0.800 bits per heavy atom. The van der Waals surface area contributed by atoms with E-state index in [1.165, 1.54) is 16.8 Å². The SMILES string of the molecule is c1c[nH]c(CC2c3ccccc3Oc3ccccc32)c1. The van der Waals surface area contributed by atoms with Gasteiger partial charge in [-0.1, -0.05) is 36.4 Å². The number of hydrogen-bond donors (Lipinski definition) is 1. The number of aromatic nitrogens is 1. The van der Waals surface area contributed by atoms with E-state index in [4.69, 9.17) is 4.74 Å². The van der Waals surface area contributed by atoms with Gasteiger partial charge in [-0.2, -0.15) is 0 Å². The van der Waals surface area contributed by atoms with E-state index in [2.05, 4.69) is 35.3 Å². The van der Waals surface area contributed by atoms with E-state index in [1.54, 1.807) is 0 Å². The van der Waals surface area contributed by atoms with Gasteiger partial charge in [-0.25, -0.2) is 0 Å². The fourth-order valence-corrected chi connectivity index (χ4v) is 2.94. The molecule has 0 atom stereocenters. The second kappa shape index (κ2) is 4.57. The van der Waals surface area contributed by atoms with Crippen LogP contribution in [0.25, 0.3) is 0 Å². The highest BCUT2D eigenvalue weighted by atomic mass is 16.5. The minimum atomic E-state index is 0.342. The van der Waals surface area contributed by atoms with Gasteiger partial charge in [-0.3, -0.25) is 0 Å². The minimum Gasteiger partial charge on any atom is -0.457 e. The lowest BCUT2D eigenvalue weighted by Gasteiger charge is -2.28. The van der Waals surface area contributed by atoms with Crippen LogP contribution in [0.3, 0.4) is 0 Å². The molecule has 1 aliphatic rings. The summed E-state index contributed by atoms with van der Waals surface area (Å²) in [6, 6.07) is 20.8. The van der Waals surface area contributed by atoms with Crippen LogP contribution in [0.2, 0.25) is 0 Å². The fourth-order valence-electron chi connectivity index (χ4n) is 2.94. The molecule has 0 fully saturated rings. The Morgan fingerprint density at radius 2 is 1.45 bits per heavy atom. The molecule has 1 aromatic heterocycles. The van der Waals surface area contributed by atoms with Crippen molar-refractivity contribution < 1.29 is 4.74 Å². The third kappa shape index (κ3) is 1.81. The molecular weight excluding hydrogens is 246 g/mol. The van der Waals surface area contributed by atoms with Crippen LogP contribution in [0.4, 0.5) is 0 Å². The van der Waals surface area contributed by atoms with Crippen LogP contribution in [0.5, 0.6) is 11.5 Å². The first-order chi connectivity index (χ1) is 9.92. The molecule has 1 N–H and O–H groups in total. The fraction of sp³-hybridized carbons (Fsp3) is 0.111. The van der Waals surface area contributed by atoms with E-state index in [0.29, 0.717) is 5.92 Å². The van der Waals surface area contributed by atoms with E-state index in [-0.39, 0.29) is 0 Å². The number of ether oxygens (including phenoxy) is 1. The zero-order valence-electron chi connectivity index (χ0n) is 11.0. The van der Waals surface area contributed by atoms with Gasteiger partial charge in [-0.05, 0) is 30.7 Å². The normalized spacial score (nSPS) is 13.4. The number of fused-ring (bicyclic) bond motifs is 2. The van der Waals surface area contributed by atoms with Crippen molar-refractivity contribution in [3.05, 3.63) is 83.7 Å². The topological polar surface area (TPSA) is 25.0 Å². The van der Waals surface area contributed by atoms with Crippen molar-refractivity contribution in [1.29, 1.82) is 0 Å². The molecule has 0 bridgehead atoms. The second-order valence-electron chi connectivity index (χ2n) is 5.13. The van der Waals surface area contributed by atoms with Crippen molar-refractivity contribution in [2.45, 2.75) is 12.3 Å². The van der Waals surface area contributed by atoms with E-state index in [9.17, 15) is 0 Å². The van der Waals surface area contributed by atoms with E-state index >= 15 is 0 Å². The second-order valence-corrected chi connectivity index (χ2v) is 5.13. The van der Waals surface area contributed by atoms with Gasteiger partial charge < -0.3 is 9.72 Å². The zero-order valence-corrected chi connectivity index (χ0v) is 11.0. The number of aromatic amines is 1. The van der Waals surface area contributed by atoms with Crippen LogP contribution in [0, 0.1) is 0 Å². The molecule has 3 aromatic rings. The molecule has 4 rings (SSSR count). The van der Waals surface area contributed by atoms with E-state index < -0.39 is 0 Å². The quantitative estimate of drug-likeness (QED) is 0.722. The van der Waals surface area contributed by atoms with E-state index in [1.807, 2.05) is 36.5 Å². The number of H-pyrrole nitrogens is 1. The Kier molecular flexibility index (Phi) is 2.59. The highest BCUT2D eigenvalue weighted by Gasteiger charge is 2.26. The first-order valence-corrected chi connectivity index (χ1v) is 6.90. The Hall–Kier alpha value is -2.48. The first-order valence-electron chi connectivity index (χ1n) is 6.90. The van der Waals surface area contributed by atoms with Gasteiger partial charge in [0.25, 0.3) is 0 Å². The summed E-state index contributed by atoms with van der Waals surface area (Å²) in [7, 11) is 0. The molecule has 2 heterocycles. The molecule has 20 heavy (non-hydrogen) atoms. The van der Waals surface area contributed by atoms with Crippen molar-refractivity contribution in [3.63, 3.8) is 0 Å². The minimum absolute atomic E-state index is 0.342. The zero-order chi connectivity index (χ0) is 13.4. The highest BCUT2D eigenvalue weighted by Crippen LogP contribution is 2.44. The monoisotopic (exact) mass is 261 g/mol. The van der Waals surface area contributed by atoms with Crippen LogP contribution < -0.4 is 4.74 Å². The van der Waals surface area contributed by atoms with Gasteiger partial charge in [0.15, 0.2) is 0 Å². The summed E-state index contributed by atoms with van der Waals surface area (Å²) in [5, 5.41) is 0. The van der Waals surface area contributed by atoms with Gasteiger partial charge >= 0.3 is 0 Å². The summed E-state index contributed by atoms with van der Waals surface area (Å²) in [6.45, 7) is 0. The molecule has 2 aromatic carbocycles. The maximum Gasteiger partial charge on any atom is 0.131 e. The molecule has 0 aliphatic carbocycles. The number of benzene rings is 2. The summed E-state index contributed by atoms with van der Waals surface area (Å²) in [5.41, 5.74) is 3.78. The smallest absolute Gasteiger partial charge is 0.131 e. The van der Waals surface area contributed by atoms with Crippen molar-refractivity contribution in [2.75, 3.05) is 0 Å². The highest BCUT2D eigenvalue weighted by molar-refractivity contribution is 5.53. The number of hydrogen-bond acceptors (Lipinski definition) is 1. The molecule has 0 spiro atoms. The summed E-state index contributed by atoms with van der Waals surface area (Å²) >= 11 is 0. The van der Waals surface area contributed by atoms with Crippen molar-refractivity contribution >= 4 is 0 Å². The Labute approximate surface area is 118 Å². The number of para-hydroxylation sites is 2. The Bertz CT molecular complexity index is 685. The molecule has 1 aliphatic heterocycles.